The molecule has 2 N–H and O–H groups in total. The second kappa shape index (κ2) is 13.6. The summed E-state index contributed by atoms with van der Waals surface area (Å²) in [6.45, 7) is 0. The standard InChI is InChI=1S/C41H29ClF7N3O6/c1-58-32-13-2-19(14-31(32)53)34-27-11-12-28-33(37(56)51(35(28)54)26-16-21(40(44,45)46)15-22(17-26)41(47,48)49)29(27)18-30-36(55)52(50-25-9-7-24(43)8-10-25)38(57)39(30,34)20-3-5-23(42)6-4-20/h2-11,13-17,28-30,33-34,50,53H,12,18H2,1H3. The van der Waals surface area contributed by atoms with E-state index in [9.17, 15) is 50.2 Å². The number of hydrazine groups is 1. The molecule has 17 heteroatoms. The number of rotatable bonds is 6. The highest BCUT2D eigenvalue weighted by molar-refractivity contribution is 6.30. The Hall–Kier alpha value is -5.90. The first kappa shape index (κ1) is 38.9. The molecule has 0 bridgehead atoms. The largest absolute Gasteiger partial charge is 0.504 e. The van der Waals surface area contributed by atoms with E-state index in [0.29, 0.717) is 33.2 Å². The molecule has 2 aliphatic carbocycles. The van der Waals surface area contributed by atoms with Crippen molar-refractivity contribution in [3.63, 3.8) is 0 Å². The number of imide groups is 2. The number of nitrogens with zero attached hydrogens (tertiary/aromatic N) is 2. The molecule has 0 radical (unpaired) electrons. The zero-order valence-electron chi connectivity index (χ0n) is 29.9. The number of allylic oxidation sites excluding steroid dienone is 2. The number of nitrogens with one attached hydrogen (secondary N) is 1. The molecule has 6 unspecified atom stereocenters. The second-order valence-electron chi connectivity index (χ2n) is 14.6. The van der Waals surface area contributed by atoms with Gasteiger partial charge < -0.3 is 9.84 Å². The first-order valence-electron chi connectivity index (χ1n) is 17.8. The van der Waals surface area contributed by atoms with Gasteiger partial charge in [-0.1, -0.05) is 41.4 Å². The maximum atomic E-state index is 15.2. The van der Waals surface area contributed by atoms with Gasteiger partial charge in [-0.3, -0.25) is 24.6 Å². The number of methoxy groups -OCH3 is 1. The number of amides is 4. The van der Waals surface area contributed by atoms with Crippen molar-refractivity contribution >= 4 is 46.6 Å². The smallest absolute Gasteiger partial charge is 0.416 e. The summed E-state index contributed by atoms with van der Waals surface area (Å²) in [6.07, 6.45) is -9.40. The molecule has 4 aromatic carbocycles. The Morgan fingerprint density at radius 2 is 1.45 bits per heavy atom. The molecule has 3 fully saturated rings. The van der Waals surface area contributed by atoms with Crippen molar-refractivity contribution in [3.8, 4) is 11.5 Å². The van der Waals surface area contributed by atoms with Gasteiger partial charge >= 0.3 is 12.4 Å². The lowest BCUT2D eigenvalue weighted by Gasteiger charge is -2.50. The van der Waals surface area contributed by atoms with Crippen molar-refractivity contribution in [3.05, 3.63) is 130 Å². The summed E-state index contributed by atoms with van der Waals surface area (Å²) < 4.78 is 103. The molecule has 0 aromatic heterocycles. The second-order valence-corrected chi connectivity index (χ2v) is 15.0. The third kappa shape index (κ3) is 5.98. The van der Waals surface area contributed by atoms with Crippen LogP contribution in [0.2, 0.25) is 5.02 Å². The maximum absolute atomic E-state index is 15.2. The number of carbonyl (C=O) groups is 4. The van der Waals surface area contributed by atoms with Crippen molar-refractivity contribution in [2.45, 2.75) is 36.5 Å². The number of halogens is 8. The number of anilines is 2. The Morgan fingerprint density at radius 1 is 0.810 bits per heavy atom. The molecule has 2 heterocycles. The van der Waals surface area contributed by atoms with E-state index in [1.54, 1.807) is 24.3 Å². The molecule has 1 saturated carbocycles. The fraction of sp³-hybridized carbons (Fsp3) is 0.268. The van der Waals surface area contributed by atoms with Gasteiger partial charge in [0.25, 0.3) is 11.8 Å². The van der Waals surface area contributed by atoms with Gasteiger partial charge in [-0.25, -0.2) is 9.29 Å². The van der Waals surface area contributed by atoms with Crippen LogP contribution in [0.15, 0.2) is 96.6 Å². The Morgan fingerprint density at radius 3 is 2.03 bits per heavy atom. The number of aromatic hydroxyl groups is 1. The van der Waals surface area contributed by atoms with E-state index in [4.69, 9.17) is 16.3 Å². The van der Waals surface area contributed by atoms with Gasteiger partial charge in [0.05, 0.1) is 52.8 Å². The minimum atomic E-state index is -5.27. The zero-order valence-corrected chi connectivity index (χ0v) is 30.6. The summed E-state index contributed by atoms with van der Waals surface area (Å²) in [6, 6.07) is 15.8. The molecular formula is C41H29ClF7N3O6. The Labute approximate surface area is 329 Å². The third-order valence-corrected chi connectivity index (χ3v) is 11.9. The van der Waals surface area contributed by atoms with Crippen LogP contribution in [0.3, 0.4) is 0 Å². The van der Waals surface area contributed by atoms with Crippen molar-refractivity contribution in [1.29, 1.82) is 0 Å². The zero-order chi connectivity index (χ0) is 41.6. The first-order chi connectivity index (χ1) is 27.4. The molecule has 300 valence electrons. The predicted octanol–water partition coefficient (Wildman–Crippen LogP) is 8.42. The molecule has 2 saturated heterocycles. The molecule has 8 rings (SSSR count). The van der Waals surface area contributed by atoms with E-state index in [1.807, 2.05) is 0 Å². The minimum absolute atomic E-state index is 0.0610. The highest BCUT2D eigenvalue weighted by atomic mass is 35.5. The topological polar surface area (TPSA) is 116 Å². The molecule has 4 amide bonds. The van der Waals surface area contributed by atoms with Crippen LogP contribution in [0.1, 0.15) is 41.0 Å². The van der Waals surface area contributed by atoms with Crippen LogP contribution in [-0.2, 0) is 36.9 Å². The van der Waals surface area contributed by atoms with Gasteiger partial charge in [-0.2, -0.15) is 31.4 Å². The van der Waals surface area contributed by atoms with Crippen molar-refractivity contribution in [1.82, 2.24) is 5.01 Å². The van der Waals surface area contributed by atoms with Crippen molar-refractivity contribution in [2.75, 3.05) is 17.4 Å². The molecule has 58 heavy (non-hydrogen) atoms. The van der Waals surface area contributed by atoms with Crippen LogP contribution in [-0.4, -0.2) is 40.9 Å². The fourth-order valence-electron chi connectivity index (χ4n) is 9.24. The SMILES string of the molecule is COc1ccc(C2C3=CCC4C(=O)N(c5cc(C(F)(F)F)cc(C(F)(F)F)c5)C(=O)C4C3CC3C(=O)N(Nc4ccc(F)cc4)C(=O)C32c2ccc(Cl)cc2)cc1O. The van der Waals surface area contributed by atoms with Gasteiger partial charge in [0.2, 0.25) is 11.8 Å². The van der Waals surface area contributed by atoms with Crippen LogP contribution >= 0.6 is 11.6 Å². The number of carbonyl (C=O) groups excluding carboxylic acids is 4. The lowest BCUT2D eigenvalue weighted by molar-refractivity contribution is -0.143. The van der Waals surface area contributed by atoms with E-state index < -0.39 is 93.6 Å². The summed E-state index contributed by atoms with van der Waals surface area (Å²) in [5.41, 5.74) is -2.29. The number of alkyl halides is 6. The number of hydrogen-bond acceptors (Lipinski definition) is 7. The monoisotopic (exact) mass is 827 g/mol. The fourth-order valence-corrected chi connectivity index (χ4v) is 9.36. The summed E-state index contributed by atoms with van der Waals surface area (Å²) in [5, 5.41) is 12.1. The summed E-state index contributed by atoms with van der Waals surface area (Å²) >= 11 is 6.28. The van der Waals surface area contributed by atoms with Crippen LogP contribution in [0, 0.1) is 29.5 Å². The quantitative estimate of drug-likeness (QED) is 0.114. The molecule has 6 atom stereocenters. The molecule has 9 nitrogen and oxygen atoms in total. The predicted molar refractivity (Wildman–Crippen MR) is 193 cm³/mol. The summed E-state index contributed by atoms with van der Waals surface area (Å²) in [5.74, 6) is -10.7. The minimum Gasteiger partial charge on any atom is -0.504 e. The molecule has 0 spiro atoms. The average Bonchev–Trinajstić information content (AvgIpc) is 3.55. The third-order valence-electron chi connectivity index (χ3n) is 11.6. The number of fused-ring (bicyclic) bond motifs is 4. The molecule has 4 aromatic rings. The van der Waals surface area contributed by atoms with Gasteiger partial charge in [0.15, 0.2) is 11.5 Å². The van der Waals surface area contributed by atoms with Crippen LogP contribution in [0.4, 0.5) is 42.1 Å². The van der Waals surface area contributed by atoms with E-state index >= 15 is 4.79 Å². The molecular weight excluding hydrogens is 799 g/mol. The van der Waals surface area contributed by atoms with Crippen molar-refractivity contribution < 1.29 is 59.8 Å². The van der Waals surface area contributed by atoms with Crippen LogP contribution in [0.25, 0.3) is 0 Å². The number of hydrogen-bond donors (Lipinski definition) is 2. The Kier molecular flexibility index (Phi) is 9.14. The highest BCUT2D eigenvalue weighted by Crippen LogP contribution is 2.64. The number of phenolic OH excluding ortho intramolecular Hbond substituents is 1. The average molecular weight is 828 g/mol. The van der Waals surface area contributed by atoms with Crippen LogP contribution < -0.4 is 15.1 Å². The first-order valence-corrected chi connectivity index (χ1v) is 18.1. The number of benzene rings is 4. The van der Waals surface area contributed by atoms with E-state index in [1.165, 1.54) is 43.5 Å². The molecule has 4 aliphatic rings. The van der Waals surface area contributed by atoms with E-state index in [-0.39, 0.29) is 41.7 Å². The maximum Gasteiger partial charge on any atom is 0.416 e. The van der Waals surface area contributed by atoms with E-state index in [0.717, 1.165) is 17.1 Å². The normalized spacial score (nSPS) is 25.7. The van der Waals surface area contributed by atoms with Gasteiger partial charge in [0.1, 0.15) is 5.82 Å². The number of ether oxygens (including phenoxy) is 1. The summed E-state index contributed by atoms with van der Waals surface area (Å²) in [7, 11) is 1.31. The molecule has 2 aliphatic heterocycles. The van der Waals surface area contributed by atoms with Gasteiger partial charge in [-0.15, -0.1) is 0 Å². The van der Waals surface area contributed by atoms with Crippen molar-refractivity contribution in [2.24, 2.45) is 23.7 Å². The summed E-state index contributed by atoms with van der Waals surface area (Å²) in [4.78, 5) is 58.9. The van der Waals surface area contributed by atoms with E-state index in [2.05, 4.69) is 5.43 Å². The number of phenols is 1. The lowest BCUT2D eigenvalue weighted by atomic mass is 9.49. The Balaban J connectivity index is 1.31. The van der Waals surface area contributed by atoms with Gasteiger partial charge in [-0.05, 0) is 96.6 Å². The van der Waals surface area contributed by atoms with Gasteiger partial charge in [0, 0.05) is 10.9 Å². The highest BCUT2D eigenvalue weighted by Gasteiger charge is 2.70. The lowest BCUT2D eigenvalue weighted by Crippen LogP contribution is -2.53. The Bertz CT molecular complexity index is 2390. The van der Waals surface area contributed by atoms with Crippen LogP contribution in [0.5, 0.6) is 11.5 Å².